The van der Waals surface area contributed by atoms with Gasteiger partial charge in [0.1, 0.15) is 0 Å². The van der Waals surface area contributed by atoms with Gasteiger partial charge in [0, 0.05) is 13.0 Å². The molecule has 3 nitrogen and oxygen atoms in total. The molecule has 0 saturated heterocycles. The van der Waals surface area contributed by atoms with Crippen molar-refractivity contribution in [2.24, 2.45) is 5.92 Å². The number of hydrogen-bond donors (Lipinski definition) is 1. The van der Waals surface area contributed by atoms with Gasteiger partial charge < -0.3 is 5.32 Å². The molecular formula is C18H25NO2. The van der Waals surface area contributed by atoms with Gasteiger partial charge in [0.15, 0.2) is 0 Å². The number of amides is 1. The summed E-state index contributed by atoms with van der Waals surface area (Å²) in [4.78, 5) is 23.6. The largest absolute Gasteiger partial charge is 0.345 e. The zero-order chi connectivity index (χ0) is 15.7. The first kappa shape index (κ1) is 17.2. The summed E-state index contributed by atoms with van der Waals surface area (Å²) in [5.74, 6) is -0.570. The number of allylic oxidation sites excluding steroid dienone is 2. The Morgan fingerprint density at radius 1 is 1.19 bits per heavy atom. The van der Waals surface area contributed by atoms with Gasteiger partial charge in [-0.2, -0.15) is 0 Å². The van der Waals surface area contributed by atoms with Crippen LogP contribution in [0.5, 0.6) is 0 Å². The summed E-state index contributed by atoms with van der Waals surface area (Å²) in [5, 5.41) is 2.68. The molecule has 3 heteroatoms. The molecule has 0 aliphatic rings. The predicted octanol–water partition coefficient (Wildman–Crippen LogP) is 3.64. The predicted molar refractivity (Wildman–Crippen MR) is 85.7 cm³/mol. The van der Waals surface area contributed by atoms with Gasteiger partial charge in [0.2, 0.25) is 5.78 Å². The molecule has 0 aliphatic heterocycles. The minimum Gasteiger partial charge on any atom is -0.345 e. The lowest BCUT2D eigenvalue weighted by Crippen LogP contribution is -2.31. The topological polar surface area (TPSA) is 46.2 Å². The summed E-state index contributed by atoms with van der Waals surface area (Å²) in [6.07, 6.45) is 4.37. The quantitative estimate of drug-likeness (QED) is 0.586. The van der Waals surface area contributed by atoms with Gasteiger partial charge in [-0.05, 0) is 38.2 Å². The summed E-state index contributed by atoms with van der Waals surface area (Å²) < 4.78 is 0. The minimum atomic E-state index is -0.479. The molecule has 0 spiro atoms. The number of carbonyl (C=O) groups excluding carboxylic acids is 2. The van der Waals surface area contributed by atoms with Crippen LogP contribution in [0.4, 0.5) is 0 Å². The SMILES string of the molecule is CC(C)=CCC[C@H](C)CC(=O)C(=O)NCc1ccccc1. The molecule has 0 radical (unpaired) electrons. The van der Waals surface area contributed by atoms with Gasteiger partial charge >= 0.3 is 0 Å². The third kappa shape index (κ3) is 7.45. The summed E-state index contributed by atoms with van der Waals surface area (Å²) in [6, 6.07) is 9.59. The van der Waals surface area contributed by atoms with E-state index in [2.05, 4.69) is 25.2 Å². The molecule has 0 aromatic heterocycles. The van der Waals surface area contributed by atoms with Gasteiger partial charge in [-0.3, -0.25) is 9.59 Å². The van der Waals surface area contributed by atoms with Crippen LogP contribution in [0.3, 0.4) is 0 Å². The van der Waals surface area contributed by atoms with Crippen LogP contribution < -0.4 is 5.32 Å². The third-order valence-electron chi connectivity index (χ3n) is 3.30. The average molecular weight is 287 g/mol. The normalized spacial score (nSPS) is 11.6. The Morgan fingerprint density at radius 2 is 1.86 bits per heavy atom. The highest BCUT2D eigenvalue weighted by atomic mass is 16.2. The maximum absolute atomic E-state index is 11.8. The molecule has 1 rings (SSSR count). The minimum absolute atomic E-state index is 0.232. The molecule has 114 valence electrons. The van der Waals surface area contributed by atoms with Crippen molar-refractivity contribution >= 4 is 11.7 Å². The smallest absolute Gasteiger partial charge is 0.287 e. The van der Waals surface area contributed by atoms with E-state index >= 15 is 0 Å². The second kappa shape index (κ2) is 9.11. The summed E-state index contributed by atoms with van der Waals surface area (Å²) >= 11 is 0. The Hall–Kier alpha value is -1.90. The molecule has 1 N–H and O–H groups in total. The zero-order valence-electron chi connectivity index (χ0n) is 13.2. The Balaban J connectivity index is 2.30. The number of hydrogen-bond acceptors (Lipinski definition) is 2. The van der Waals surface area contributed by atoms with E-state index in [1.54, 1.807) is 0 Å². The number of ketones is 1. The molecule has 1 aromatic rings. The number of nitrogens with one attached hydrogen (secondary N) is 1. The maximum Gasteiger partial charge on any atom is 0.287 e. The molecule has 0 aliphatic carbocycles. The van der Waals surface area contributed by atoms with Crippen LogP contribution in [-0.2, 0) is 16.1 Å². The molecule has 0 bridgehead atoms. The monoisotopic (exact) mass is 287 g/mol. The van der Waals surface area contributed by atoms with Crippen LogP contribution in [0.1, 0.15) is 45.6 Å². The highest BCUT2D eigenvalue weighted by Gasteiger charge is 2.16. The van der Waals surface area contributed by atoms with Gasteiger partial charge in [-0.25, -0.2) is 0 Å². The molecule has 1 amide bonds. The first-order valence-corrected chi connectivity index (χ1v) is 7.47. The van der Waals surface area contributed by atoms with Crippen molar-refractivity contribution in [3.05, 3.63) is 47.5 Å². The first-order valence-electron chi connectivity index (χ1n) is 7.47. The highest BCUT2D eigenvalue weighted by Crippen LogP contribution is 2.12. The van der Waals surface area contributed by atoms with E-state index < -0.39 is 5.91 Å². The maximum atomic E-state index is 11.8. The molecular weight excluding hydrogens is 262 g/mol. The zero-order valence-corrected chi connectivity index (χ0v) is 13.2. The highest BCUT2D eigenvalue weighted by molar-refractivity contribution is 6.36. The van der Waals surface area contributed by atoms with Gasteiger partial charge in [-0.1, -0.05) is 48.9 Å². The van der Waals surface area contributed by atoms with Crippen LogP contribution in [0.2, 0.25) is 0 Å². The number of Topliss-reactive ketones (excluding diaryl/α,β-unsaturated/α-hetero) is 1. The van der Waals surface area contributed by atoms with E-state index in [1.807, 2.05) is 37.3 Å². The fraction of sp³-hybridized carbons (Fsp3) is 0.444. The van der Waals surface area contributed by atoms with Crippen molar-refractivity contribution < 1.29 is 9.59 Å². The van der Waals surface area contributed by atoms with Crippen molar-refractivity contribution in [1.82, 2.24) is 5.32 Å². The van der Waals surface area contributed by atoms with Crippen molar-refractivity contribution in [3.63, 3.8) is 0 Å². The third-order valence-corrected chi connectivity index (χ3v) is 3.30. The standard InChI is InChI=1S/C18H25NO2/c1-14(2)8-7-9-15(3)12-17(20)18(21)19-13-16-10-5-4-6-11-16/h4-6,8,10-11,15H,7,9,12-13H2,1-3H3,(H,19,21)/t15-/m0/s1. The van der Waals surface area contributed by atoms with Gasteiger partial charge in [-0.15, -0.1) is 0 Å². The lowest BCUT2D eigenvalue weighted by molar-refractivity contribution is -0.138. The van der Waals surface area contributed by atoms with Crippen LogP contribution in [-0.4, -0.2) is 11.7 Å². The summed E-state index contributed by atoms with van der Waals surface area (Å²) in [7, 11) is 0. The Morgan fingerprint density at radius 3 is 2.48 bits per heavy atom. The fourth-order valence-corrected chi connectivity index (χ4v) is 2.04. The fourth-order valence-electron chi connectivity index (χ4n) is 2.04. The van der Waals surface area contributed by atoms with Crippen LogP contribution >= 0.6 is 0 Å². The molecule has 0 saturated carbocycles. The molecule has 0 fully saturated rings. The molecule has 0 heterocycles. The lowest BCUT2D eigenvalue weighted by Gasteiger charge is -2.09. The van der Waals surface area contributed by atoms with E-state index in [9.17, 15) is 9.59 Å². The summed E-state index contributed by atoms with van der Waals surface area (Å²) in [5.41, 5.74) is 2.28. The Kier molecular flexibility index (Phi) is 7.44. The average Bonchev–Trinajstić information content (AvgIpc) is 2.45. The van der Waals surface area contributed by atoms with E-state index in [0.717, 1.165) is 18.4 Å². The molecule has 0 unspecified atom stereocenters. The van der Waals surface area contributed by atoms with Crippen molar-refractivity contribution in [2.45, 2.75) is 46.6 Å². The Labute approximate surface area is 127 Å². The van der Waals surface area contributed by atoms with Crippen LogP contribution in [0.25, 0.3) is 0 Å². The molecule has 21 heavy (non-hydrogen) atoms. The molecule has 1 atom stereocenters. The van der Waals surface area contributed by atoms with Gasteiger partial charge in [0.05, 0.1) is 0 Å². The van der Waals surface area contributed by atoms with Crippen molar-refractivity contribution in [3.8, 4) is 0 Å². The lowest BCUT2D eigenvalue weighted by atomic mass is 9.98. The number of benzene rings is 1. The summed E-state index contributed by atoms with van der Waals surface area (Å²) in [6.45, 7) is 6.54. The van der Waals surface area contributed by atoms with Crippen LogP contribution in [0.15, 0.2) is 42.0 Å². The second-order valence-corrected chi connectivity index (χ2v) is 5.76. The number of carbonyl (C=O) groups is 2. The second-order valence-electron chi connectivity index (χ2n) is 5.76. The number of rotatable bonds is 8. The molecule has 1 aromatic carbocycles. The Bertz CT molecular complexity index is 487. The van der Waals surface area contributed by atoms with Gasteiger partial charge in [0.25, 0.3) is 5.91 Å². The van der Waals surface area contributed by atoms with E-state index in [4.69, 9.17) is 0 Å². The first-order chi connectivity index (χ1) is 9.99. The van der Waals surface area contributed by atoms with Crippen molar-refractivity contribution in [2.75, 3.05) is 0 Å². The van der Waals surface area contributed by atoms with Crippen molar-refractivity contribution in [1.29, 1.82) is 0 Å². The van der Waals surface area contributed by atoms with E-state index in [0.29, 0.717) is 13.0 Å². The van der Waals surface area contributed by atoms with E-state index in [1.165, 1.54) is 5.57 Å². The van der Waals surface area contributed by atoms with E-state index in [-0.39, 0.29) is 11.7 Å². The van der Waals surface area contributed by atoms with Crippen LogP contribution in [0, 0.1) is 5.92 Å².